The Kier molecular flexibility index (Phi) is 2.79. The number of benzene rings is 1. The van der Waals surface area contributed by atoms with Crippen LogP contribution in [0.25, 0.3) is 11.3 Å². The Morgan fingerprint density at radius 2 is 2.13 bits per heavy atom. The van der Waals surface area contributed by atoms with Crippen molar-refractivity contribution in [2.24, 2.45) is 0 Å². The van der Waals surface area contributed by atoms with Crippen LogP contribution in [0.3, 0.4) is 0 Å². The average Bonchev–Trinajstić information content (AvgIpc) is 2.60. The second kappa shape index (κ2) is 4.08. The van der Waals surface area contributed by atoms with E-state index in [1.54, 1.807) is 18.2 Å². The Balaban J connectivity index is 2.58. The molecule has 1 heterocycles. The summed E-state index contributed by atoms with van der Waals surface area (Å²) < 4.78 is 13.5. The minimum absolute atomic E-state index is 0.102. The molecule has 78 valence electrons. The van der Waals surface area contributed by atoms with Crippen LogP contribution in [-0.2, 0) is 6.61 Å². The van der Waals surface area contributed by atoms with E-state index in [4.69, 9.17) is 5.11 Å². The van der Waals surface area contributed by atoms with Gasteiger partial charge < -0.3 is 5.11 Å². The molecule has 0 saturated carbocycles. The molecule has 2 rings (SSSR count). The van der Waals surface area contributed by atoms with Crippen molar-refractivity contribution in [3.8, 4) is 11.3 Å². The van der Waals surface area contributed by atoms with Crippen molar-refractivity contribution in [3.05, 3.63) is 40.0 Å². The fourth-order valence-corrected chi connectivity index (χ4v) is 2.25. The van der Waals surface area contributed by atoms with Crippen molar-refractivity contribution in [2.75, 3.05) is 0 Å². The summed E-state index contributed by atoms with van der Waals surface area (Å²) in [5.74, 6) is -0.308. The van der Waals surface area contributed by atoms with E-state index in [-0.39, 0.29) is 12.4 Å². The zero-order valence-corrected chi connectivity index (χ0v) is 9.01. The van der Waals surface area contributed by atoms with Gasteiger partial charge in [-0.3, -0.25) is 0 Å². The SMILES string of the molecule is Cc1nc(-c2ccccc2F)c(CO)s1. The van der Waals surface area contributed by atoms with Crippen LogP contribution in [0.1, 0.15) is 9.88 Å². The van der Waals surface area contributed by atoms with Gasteiger partial charge in [-0.1, -0.05) is 12.1 Å². The van der Waals surface area contributed by atoms with Gasteiger partial charge in [0, 0.05) is 5.56 Å². The van der Waals surface area contributed by atoms with Gasteiger partial charge in [0.2, 0.25) is 0 Å². The summed E-state index contributed by atoms with van der Waals surface area (Å²) >= 11 is 1.39. The predicted octanol–water partition coefficient (Wildman–Crippen LogP) is 2.75. The molecule has 1 aromatic heterocycles. The highest BCUT2D eigenvalue weighted by Crippen LogP contribution is 2.29. The van der Waals surface area contributed by atoms with Gasteiger partial charge in [0.1, 0.15) is 5.82 Å². The smallest absolute Gasteiger partial charge is 0.132 e. The predicted molar refractivity (Wildman–Crippen MR) is 58.2 cm³/mol. The van der Waals surface area contributed by atoms with Gasteiger partial charge in [-0.25, -0.2) is 9.37 Å². The van der Waals surface area contributed by atoms with E-state index in [0.717, 1.165) is 5.01 Å². The number of hydrogen-bond donors (Lipinski definition) is 1. The maximum Gasteiger partial charge on any atom is 0.132 e. The lowest BCUT2D eigenvalue weighted by molar-refractivity contribution is 0.286. The molecule has 15 heavy (non-hydrogen) atoms. The van der Waals surface area contributed by atoms with Crippen molar-refractivity contribution < 1.29 is 9.50 Å². The molecular formula is C11H10FNOS. The lowest BCUT2D eigenvalue weighted by atomic mass is 10.1. The van der Waals surface area contributed by atoms with Gasteiger partial charge in [0.25, 0.3) is 0 Å². The highest BCUT2D eigenvalue weighted by atomic mass is 32.1. The summed E-state index contributed by atoms with van der Waals surface area (Å²) in [6.07, 6.45) is 0. The van der Waals surface area contributed by atoms with Crippen molar-refractivity contribution in [1.29, 1.82) is 0 Å². The third-order valence-electron chi connectivity index (χ3n) is 2.08. The van der Waals surface area contributed by atoms with Crippen LogP contribution >= 0.6 is 11.3 Å². The van der Waals surface area contributed by atoms with Gasteiger partial charge in [-0.15, -0.1) is 11.3 Å². The van der Waals surface area contributed by atoms with E-state index in [0.29, 0.717) is 16.1 Å². The Hall–Kier alpha value is -1.26. The normalized spacial score (nSPS) is 10.6. The summed E-state index contributed by atoms with van der Waals surface area (Å²) in [4.78, 5) is 4.94. The molecule has 0 unspecified atom stereocenters. The van der Waals surface area contributed by atoms with E-state index in [1.165, 1.54) is 17.4 Å². The maximum absolute atomic E-state index is 13.5. The molecular weight excluding hydrogens is 213 g/mol. The molecule has 0 atom stereocenters. The van der Waals surface area contributed by atoms with Crippen LogP contribution in [0.2, 0.25) is 0 Å². The molecule has 2 aromatic rings. The summed E-state index contributed by atoms with van der Waals surface area (Å²) in [7, 11) is 0. The summed E-state index contributed by atoms with van der Waals surface area (Å²) in [6.45, 7) is 1.74. The minimum atomic E-state index is -0.308. The number of aryl methyl sites for hydroxylation is 1. The second-order valence-corrected chi connectivity index (χ2v) is 4.43. The molecule has 0 aliphatic rings. The second-order valence-electron chi connectivity index (χ2n) is 3.14. The molecule has 1 aromatic carbocycles. The standard InChI is InChI=1S/C11H10FNOS/c1-7-13-11(10(6-14)15-7)8-4-2-3-5-9(8)12/h2-5,14H,6H2,1H3. The van der Waals surface area contributed by atoms with Crippen LogP contribution in [-0.4, -0.2) is 10.1 Å². The van der Waals surface area contributed by atoms with Gasteiger partial charge >= 0.3 is 0 Å². The zero-order valence-electron chi connectivity index (χ0n) is 8.20. The number of rotatable bonds is 2. The van der Waals surface area contributed by atoms with Crippen molar-refractivity contribution in [1.82, 2.24) is 4.98 Å². The summed E-state index contributed by atoms with van der Waals surface area (Å²) in [5.41, 5.74) is 1.00. The van der Waals surface area contributed by atoms with Crippen LogP contribution < -0.4 is 0 Å². The van der Waals surface area contributed by atoms with Gasteiger partial charge in [0.15, 0.2) is 0 Å². The van der Waals surface area contributed by atoms with Crippen LogP contribution in [0, 0.1) is 12.7 Å². The number of thiazole rings is 1. The molecule has 0 saturated heterocycles. The van der Waals surface area contributed by atoms with Gasteiger partial charge in [0.05, 0.1) is 22.2 Å². The number of aromatic nitrogens is 1. The van der Waals surface area contributed by atoms with E-state index in [2.05, 4.69) is 4.98 Å². The first-order valence-electron chi connectivity index (χ1n) is 4.54. The number of nitrogens with zero attached hydrogens (tertiary/aromatic N) is 1. The fraction of sp³-hybridized carbons (Fsp3) is 0.182. The molecule has 0 bridgehead atoms. The van der Waals surface area contributed by atoms with E-state index < -0.39 is 0 Å². The van der Waals surface area contributed by atoms with Crippen LogP contribution in [0.4, 0.5) is 4.39 Å². The van der Waals surface area contributed by atoms with Crippen molar-refractivity contribution in [3.63, 3.8) is 0 Å². The molecule has 0 spiro atoms. The van der Waals surface area contributed by atoms with Gasteiger partial charge in [-0.2, -0.15) is 0 Å². The Morgan fingerprint density at radius 3 is 2.80 bits per heavy atom. The highest BCUT2D eigenvalue weighted by Gasteiger charge is 2.13. The quantitative estimate of drug-likeness (QED) is 0.849. The third-order valence-corrected chi connectivity index (χ3v) is 3.03. The lowest BCUT2D eigenvalue weighted by Crippen LogP contribution is -1.88. The first-order valence-corrected chi connectivity index (χ1v) is 5.36. The number of aliphatic hydroxyl groups excluding tert-OH is 1. The first-order chi connectivity index (χ1) is 7.22. The number of hydrogen-bond acceptors (Lipinski definition) is 3. The van der Waals surface area contributed by atoms with Gasteiger partial charge in [-0.05, 0) is 19.1 Å². The number of halogens is 1. The molecule has 0 radical (unpaired) electrons. The highest BCUT2D eigenvalue weighted by molar-refractivity contribution is 7.12. The maximum atomic E-state index is 13.5. The van der Waals surface area contributed by atoms with E-state index >= 15 is 0 Å². The largest absolute Gasteiger partial charge is 0.391 e. The molecule has 1 N–H and O–H groups in total. The molecule has 0 aliphatic heterocycles. The first kappa shape index (κ1) is 10.3. The van der Waals surface area contributed by atoms with Crippen molar-refractivity contribution in [2.45, 2.75) is 13.5 Å². The lowest BCUT2D eigenvalue weighted by Gasteiger charge is -2.00. The summed E-state index contributed by atoms with van der Waals surface area (Å²) in [6, 6.07) is 6.46. The molecule has 0 fully saturated rings. The van der Waals surface area contributed by atoms with Crippen LogP contribution in [0.15, 0.2) is 24.3 Å². The monoisotopic (exact) mass is 223 g/mol. The minimum Gasteiger partial charge on any atom is -0.391 e. The Bertz CT molecular complexity index is 481. The molecule has 0 aliphatic carbocycles. The topological polar surface area (TPSA) is 33.1 Å². The fourth-order valence-electron chi connectivity index (χ4n) is 1.44. The van der Waals surface area contributed by atoms with Crippen LogP contribution in [0.5, 0.6) is 0 Å². The molecule has 0 amide bonds. The Morgan fingerprint density at radius 1 is 1.40 bits per heavy atom. The third kappa shape index (κ3) is 1.91. The molecule has 4 heteroatoms. The zero-order chi connectivity index (χ0) is 10.8. The summed E-state index contributed by atoms with van der Waals surface area (Å²) in [5, 5.41) is 9.96. The van der Waals surface area contributed by atoms with E-state index in [9.17, 15) is 4.39 Å². The molecule has 2 nitrogen and oxygen atoms in total. The van der Waals surface area contributed by atoms with E-state index in [1.807, 2.05) is 6.92 Å². The average molecular weight is 223 g/mol. The van der Waals surface area contributed by atoms with Crippen molar-refractivity contribution >= 4 is 11.3 Å². The number of aliphatic hydroxyl groups is 1. The Labute approximate surface area is 91.0 Å².